The molecule has 0 radical (unpaired) electrons. The topological polar surface area (TPSA) is 58.4 Å². The quantitative estimate of drug-likeness (QED) is 0.642. The lowest BCUT2D eigenvalue weighted by Crippen LogP contribution is -2.48. The zero-order valence-corrected chi connectivity index (χ0v) is 12.2. The fraction of sp³-hybridized carbons (Fsp3) is 0.833. The van der Waals surface area contributed by atoms with E-state index in [1.807, 2.05) is 6.92 Å². The molecule has 17 heavy (non-hydrogen) atoms. The van der Waals surface area contributed by atoms with Crippen LogP contribution >= 0.6 is 12.2 Å². The number of hydrogen-bond donors (Lipinski definition) is 2. The summed E-state index contributed by atoms with van der Waals surface area (Å²) in [4.78, 5) is 14.5. The SMILES string of the molecule is CCN(CC)CCNC(=O)C(C)(CC)C(N)=S. The Balaban J connectivity index is 4.22. The van der Waals surface area contributed by atoms with Crippen LogP contribution in [0.3, 0.4) is 0 Å². The Morgan fingerprint density at radius 1 is 1.35 bits per heavy atom. The van der Waals surface area contributed by atoms with Gasteiger partial charge in [-0.3, -0.25) is 4.79 Å². The van der Waals surface area contributed by atoms with Gasteiger partial charge in [-0.15, -0.1) is 0 Å². The molecule has 4 nitrogen and oxygen atoms in total. The maximum Gasteiger partial charge on any atom is 0.232 e. The lowest BCUT2D eigenvalue weighted by molar-refractivity contribution is -0.127. The minimum Gasteiger partial charge on any atom is -0.392 e. The highest BCUT2D eigenvalue weighted by Crippen LogP contribution is 2.21. The molecule has 3 N–H and O–H groups in total. The first-order valence-electron chi connectivity index (χ1n) is 6.22. The van der Waals surface area contributed by atoms with Gasteiger partial charge in [0, 0.05) is 13.1 Å². The molecule has 0 aromatic heterocycles. The van der Waals surface area contributed by atoms with E-state index < -0.39 is 5.41 Å². The lowest BCUT2D eigenvalue weighted by Gasteiger charge is -2.26. The molecule has 1 unspecified atom stereocenters. The fourth-order valence-corrected chi connectivity index (χ4v) is 1.75. The second kappa shape index (κ2) is 7.61. The van der Waals surface area contributed by atoms with Crippen molar-refractivity contribution in [3.63, 3.8) is 0 Å². The van der Waals surface area contributed by atoms with Crippen LogP contribution in [0.4, 0.5) is 0 Å². The number of carbonyl (C=O) groups excluding carboxylic acids is 1. The van der Waals surface area contributed by atoms with Gasteiger partial charge in [-0.1, -0.05) is 33.0 Å². The van der Waals surface area contributed by atoms with Crippen molar-refractivity contribution >= 4 is 23.1 Å². The number of hydrogen-bond acceptors (Lipinski definition) is 3. The number of nitrogens with one attached hydrogen (secondary N) is 1. The van der Waals surface area contributed by atoms with Gasteiger partial charge in [0.05, 0.1) is 10.4 Å². The lowest BCUT2D eigenvalue weighted by atomic mass is 9.86. The molecule has 100 valence electrons. The van der Waals surface area contributed by atoms with Crippen molar-refractivity contribution in [2.45, 2.75) is 34.1 Å². The molecule has 0 aromatic rings. The van der Waals surface area contributed by atoms with Gasteiger partial charge in [0.1, 0.15) is 0 Å². The minimum atomic E-state index is -0.724. The highest BCUT2D eigenvalue weighted by molar-refractivity contribution is 7.80. The summed E-state index contributed by atoms with van der Waals surface area (Å²) >= 11 is 4.96. The molecule has 1 atom stereocenters. The highest BCUT2D eigenvalue weighted by atomic mass is 32.1. The predicted molar refractivity (Wildman–Crippen MR) is 76.0 cm³/mol. The van der Waals surface area contributed by atoms with Crippen molar-refractivity contribution in [2.24, 2.45) is 11.1 Å². The van der Waals surface area contributed by atoms with Crippen molar-refractivity contribution in [2.75, 3.05) is 26.2 Å². The number of nitrogens with zero attached hydrogens (tertiary/aromatic N) is 1. The molecule has 0 saturated carbocycles. The molecule has 0 saturated heterocycles. The molecule has 0 heterocycles. The summed E-state index contributed by atoms with van der Waals surface area (Å²) in [7, 11) is 0. The van der Waals surface area contributed by atoms with E-state index in [1.54, 1.807) is 6.92 Å². The van der Waals surface area contributed by atoms with E-state index in [0.29, 0.717) is 13.0 Å². The van der Waals surface area contributed by atoms with Gasteiger partial charge in [-0.2, -0.15) is 0 Å². The summed E-state index contributed by atoms with van der Waals surface area (Å²) in [6.45, 7) is 11.4. The van der Waals surface area contributed by atoms with Gasteiger partial charge in [0.2, 0.25) is 5.91 Å². The van der Waals surface area contributed by atoms with E-state index in [2.05, 4.69) is 24.1 Å². The van der Waals surface area contributed by atoms with Crippen LogP contribution in [0.15, 0.2) is 0 Å². The predicted octanol–water partition coefficient (Wildman–Crippen LogP) is 1.15. The van der Waals surface area contributed by atoms with Crippen LogP contribution in [0.5, 0.6) is 0 Å². The third-order valence-electron chi connectivity index (χ3n) is 3.36. The van der Waals surface area contributed by atoms with E-state index in [9.17, 15) is 4.79 Å². The summed E-state index contributed by atoms with van der Waals surface area (Å²) in [6, 6.07) is 0. The molecule has 5 heteroatoms. The largest absolute Gasteiger partial charge is 0.392 e. The Morgan fingerprint density at radius 2 is 1.88 bits per heavy atom. The van der Waals surface area contributed by atoms with E-state index in [0.717, 1.165) is 19.6 Å². The average Bonchev–Trinajstić information content (AvgIpc) is 2.32. The second-order valence-electron chi connectivity index (χ2n) is 4.33. The highest BCUT2D eigenvalue weighted by Gasteiger charge is 2.34. The zero-order chi connectivity index (χ0) is 13.5. The summed E-state index contributed by atoms with van der Waals surface area (Å²) in [5, 5.41) is 2.91. The minimum absolute atomic E-state index is 0.0698. The average molecular weight is 259 g/mol. The molecule has 0 fully saturated rings. The number of thiocarbonyl (C=S) groups is 1. The molecular formula is C12H25N3OS. The molecule has 0 rings (SSSR count). The number of likely N-dealkylation sites (N-methyl/N-ethyl adjacent to an activating group) is 1. The maximum absolute atomic E-state index is 12.0. The Morgan fingerprint density at radius 3 is 2.24 bits per heavy atom. The van der Waals surface area contributed by atoms with Gasteiger partial charge in [0.15, 0.2) is 0 Å². The maximum atomic E-state index is 12.0. The summed E-state index contributed by atoms with van der Waals surface area (Å²) in [5.41, 5.74) is 4.90. The third kappa shape index (κ3) is 4.60. The van der Waals surface area contributed by atoms with Crippen LogP contribution in [-0.2, 0) is 4.79 Å². The van der Waals surface area contributed by atoms with Gasteiger partial charge >= 0.3 is 0 Å². The normalized spacial score (nSPS) is 14.4. The van der Waals surface area contributed by atoms with Crippen LogP contribution in [0.2, 0.25) is 0 Å². The van der Waals surface area contributed by atoms with E-state index in [4.69, 9.17) is 18.0 Å². The van der Waals surface area contributed by atoms with Crippen molar-refractivity contribution in [1.82, 2.24) is 10.2 Å². The van der Waals surface area contributed by atoms with E-state index in [1.165, 1.54) is 0 Å². The summed E-state index contributed by atoms with van der Waals surface area (Å²) < 4.78 is 0. The molecule has 0 bridgehead atoms. The van der Waals surface area contributed by atoms with Crippen molar-refractivity contribution in [3.8, 4) is 0 Å². The van der Waals surface area contributed by atoms with Crippen molar-refractivity contribution in [1.29, 1.82) is 0 Å². The monoisotopic (exact) mass is 259 g/mol. The molecule has 0 aliphatic rings. The van der Waals surface area contributed by atoms with E-state index in [-0.39, 0.29) is 10.9 Å². The van der Waals surface area contributed by atoms with Gasteiger partial charge in [-0.25, -0.2) is 0 Å². The molecule has 0 aromatic carbocycles. The van der Waals surface area contributed by atoms with E-state index >= 15 is 0 Å². The fourth-order valence-electron chi connectivity index (χ4n) is 1.51. The van der Waals surface area contributed by atoms with Gasteiger partial charge in [-0.05, 0) is 26.4 Å². The molecular weight excluding hydrogens is 234 g/mol. The van der Waals surface area contributed by atoms with Crippen LogP contribution in [0, 0.1) is 5.41 Å². The first kappa shape index (κ1) is 16.3. The molecule has 0 aliphatic heterocycles. The molecule has 0 aliphatic carbocycles. The smallest absolute Gasteiger partial charge is 0.232 e. The first-order chi connectivity index (χ1) is 7.92. The van der Waals surface area contributed by atoms with Gasteiger partial charge < -0.3 is 16.0 Å². The second-order valence-corrected chi connectivity index (χ2v) is 4.77. The molecule has 1 amide bonds. The van der Waals surface area contributed by atoms with Crippen LogP contribution in [0.25, 0.3) is 0 Å². The standard InChI is InChI=1S/C12H25N3OS/c1-5-12(4,10(13)17)11(16)14-8-9-15(6-2)7-3/h5-9H2,1-4H3,(H2,13,17)(H,14,16). The van der Waals surface area contributed by atoms with Crippen molar-refractivity contribution in [3.05, 3.63) is 0 Å². The van der Waals surface area contributed by atoms with Crippen LogP contribution in [-0.4, -0.2) is 42.0 Å². The summed E-state index contributed by atoms with van der Waals surface area (Å²) in [6.07, 6.45) is 0.624. The summed E-state index contributed by atoms with van der Waals surface area (Å²) in [5.74, 6) is -0.0698. The Hall–Kier alpha value is -0.680. The van der Waals surface area contributed by atoms with Gasteiger partial charge in [0.25, 0.3) is 0 Å². The van der Waals surface area contributed by atoms with Crippen molar-refractivity contribution < 1.29 is 4.79 Å². The Labute approximate surface area is 110 Å². The zero-order valence-electron chi connectivity index (χ0n) is 11.4. The molecule has 0 spiro atoms. The Kier molecular flexibility index (Phi) is 7.30. The third-order valence-corrected chi connectivity index (χ3v) is 3.81. The van der Waals surface area contributed by atoms with Crippen LogP contribution < -0.4 is 11.1 Å². The number of rotatable bonds is 8. The number of nitrogens with two attached hydrogens (primary N) is 1. The number of carbonyl (C=O) groups is 1. The Bertz CT molecular complexity index is 266. The van der Waals surface area contributed by atoms with Crippen LogP contribution in [0.1, 0.15) is 34.1 Å². The number of amides is 1. The first-order valence-corrected chi connectivity index (χ1v) is 6.63.